The predicted molar refractivity (Wildman–Crippen MR) is 133 cm³/mol. The number of hydrogen-bond acceptors (Lipinski definition) is 6. The van der Waals surface area contributed by atoms with Crippen LogP contribution in [0, 0.1) is 0 Å². The number of anilines is 5. The van der Waals surface area contributed by atoms with Crippen molar-refractivity contribution in [1.29, 1.82) is 0 Å². The Labute approximate surface area is 206 Å². The van der Waals surface area contributed by atoms with Gasteiger partial charge in [-0.05, 0) is 24.3 Å². The first kappa shape index (κ1) is 25.1. The number of halogens is 3. The molecule has 0 saturated carbocycles. The van der Waals surface area contributed by atoms with Gasteiger partial charge in [-0.3, -0.25) is 4.79 Å². The number of methoxy groups -OCH3 is 1. The molecule has 1 aromatic heterocycles. The number of carbonyl (C=O) groups excluding carboxylic acids is 1. The summed E-state index contributed by atoms with van der Waals surface area (Å²) in [6, 6.07) is 13.2. The highest BCUT2D eigenvalue weighted by Crippen LogP contribution is 2.38. The van der Waals surface area contributed by atoms with E-state index < -0.39 is 17.6 Å². The molecule has 0 atom stereocenters. The average molecular weight is 503 g/mol. The molecule has 0 spiro atoms. The number of aliphatic hydroxyl groups is 2. The summed E-state index contributed by atoms with van der Waals surface area (Å²) in [5.74, 6) is 0.271. The lowest BCUT2D eigenvalue weighted by molar-refractivity contribution is -0.137. The molecule has 1 amide bonds. The van der Waals surface area contributed by atoms with Crippen molar-refractivity contribution in [3.8, 4) is 5.75 Å². The van der Waals surface area contributed by atoms with Gasteiger partial charge in [-0.15, -0.1) is 0 Å². The van der Waals surface area contributed by atoms with Crippen LogP contribution in [0.5, 0.6) is 5.75 Å². The number of carbonyl (C=O) groups is 1. The number of rotatable bonds is 7. The number of amides is 1. The lowest BCUT2D eigenvalue weighted by atomic mass is 10.1. The van der Waals surface area contributed by atoms with Gasteiger partial charge in [0.15, 0.2) is 13.2 Å². The molecule has 3 aromatic rings. The standard InChI is InChI=1S/C25H26F3N5O3/c1-29-24(34)17-5-3-4-6-19(17)31-21-14-23(30-15-18(21)25(26,27)28)32-20-8-7-16(13-22(20)35-2)33-9-11-36-12-10-33/h3-8,13-15H,9-12H2,1-2H3,(H,29,34)(H2,30,31,32)/p+1. The lowest BCUT2D eigenvalue weighted by Crippen LogP contribution is -2.38. The Balaban J connectivity index is 1.66. The van der Waals surface area contributed by atoms with Gasteiger partial charge in [0.25, 0.3) is 5.91 Å². The molecule has 0 bridgehead atoms. The van der Waals surface area contributed by atoms with Crippen LogP contribution >= 0.6 is 0 Å². The summed E-state index contributed by atoms with van der Waals surface area (Å²) in [5.41, 5.74) is 0.756. The average Bonchev–Trinajstić information content (AvgIpc) is 2.88. The molecule has 1 aliphatic rings. The fraction of sp³-hybridized carbons (Fsp3) is 0.280. The van der Waals surface area contributed by atoms with Gasteiger partial charge >= 0.3 is 6.18 Å². The topological polar surface area (TPSA) is 91.3 Å². The molecule has 190 valence electrons. The van der Waals surface area contributed by atoms with E-state index in [0.717, 1.165) is 38.2 Å². The number of para-hydroxylation sites is 1. The van der Waals surface area contributed by atoms with Crippen molar-refractivity contribution in [3.63, 3.8) is 0 Å². The summed E-state index contributed by atoms with van der Waals surface area (Å²) in [4.78, 5) is 18.4. The number of ether oxygens (including phenoxy) is 2. The lowest BCUT2D eigenvalue weighted by Gasteiger charge is -2.27. The highest BCUT2D eigenvalue weighted by atomic mass is 19.4. The van der Waals surface area contributed by atoms with Crippen LogP contribution in [-0.4, -0.2) is 56.1 Å². The largest absolute Gasteiger partial charge is 0.494 e. The quantitative estimate of drug-likeness (QED) is 0.418. The zero-order valence-electron chi connectivity index (χ0n) is 19.8. The summed E-state index contributed by atoms with van der Waals surface area (Å²) < 4.78 is 51.2. The van der Waals surface area contributed by atoms with Crippen LogP contribution in [0.4, 0.5) is 41.7 Å². The number of nitrogens with one attached hydrogen (secondary N) is 3. The summed E-state index contributed by atoms with van der Waals surface area (Å²) in [6.45, 7) is 3.14. The molecule has 2 aromatic carbocycles. The summed E-state index contributed by atoms with van der Waals surface area (Å²) in [5, 5.41) is 8.30. The Bertz CT molecular complexity index is 1230. The van der Waals surface area contributed by atoms with Crippen molar-refractivity contribution in [2.45, 2.75) is 6.18 Å². The molecular weight excluding hydrogens is 475 g/mol. The molecule has 11 heteroatoms. The van der Waals surface area contributed by atoms with Gasteiger partial charge in [-0.2, -0.15) is 13.2 Å². The van der Waals surface area contributed by atoms with Crippen molar-refractivity contribution in [1.82, 2.24) is 10.3 Å². The predicted octanol–water partition coefficient (Wildman–Crippen LogP) is 4.30. The second-order valence-electron chi connectivity index (χ2n) is 8.03. The third kappa shape index (κ3) is 5.62. The van der Waals surface area contributed by atoms with Crippen LogP contribution < -0.4 is 25.6 Å². The van der Waals surface area contributed by atoms with Crippen LogP contribution in [0.1, 0.15) is 15.9 Å². The Morgan fingerprint density at radius 2 is 1.78 bits per heavy atom. The van der Waals surface area contributed by atoms with Crippen LogP contribution in [-0.2, 0) is 6.18 Å². The first-order valence-electron chi connectivity index (χ1n) is 11.3. The van der Waals surface area contributed by atoms with Gasteiger partial charge in [-0.1, -0.05) is 12.1 Å². The van der Waals surface area contributed by atoms with Crippen molar-refractivity contribution in [2.24, 2.45) is 0 Å². The fourth-order valence-corrected chi connectivity index (χ4v) is 3.91. The summed E-state index contributed by atoms with van der Waals surface area (Å²) in [6.07, 6.45) is -3.90. The molecule has 0 unspecified atom stereocenters. The first-order valence-corrected chi connectivity index (χ1v) is 11.3. The zero-order chi connectivity index (χ0) is 25.7. The number of nitrogens with zero attached hydrogens (tertiary/aromatic N) is 2. The minimum atomic E-state index is -4.66. The monoisotopic (exact) mass is 502 g/mol. The zero-order valence-corrected chi connectivity index (χ0v) is 19.8. The van der Waals surface area contributed by atoms with E-state index in [-0.39, 0.29) is 22.8 Å². The van der Waals surface area contributed by atoms with Gasteiger partial charge in [0.2, 0.25) is 0 Å². The van der Waals surface area contributed by atoms with Gasteiger partial charge < -0.3 is 30.3 Å². The van der Waals surface area contributed by atoms with Gasteiger partial charge in [0.1, 0.15) is 11.6 Å². The Morgan fingerprint density at radius 1 is 1.03 bits per heavy atom. The van der Waals surface area contributed by atoms with E-state index in [2.05, 4.69) is 30.6 Å². The second-order valence-corrected chi connectivity index (χ2v) is 8.03. The molecule has 2 heterocycles. The van der Waals surface area contributed by atoms with Gasteiger partial charge in [-0.25, -0.2) is 4.98 Å². The molecule has 0 radical (unpaired) electrons. The minimum Gasteiger partial charge on any atom is -0.494 e. The number of hydrogen-bond donors (Lipinski definition) is 3. The van der Waals surface area contributed by atoms with E-state index in [1.165, 1.54) is 32.4 Å². The first-order chi connectivity index (χ1) is 17.3. The molecule has 1 saturated heterocycles. The number of benzene rings is 2. The molecule has 36 heavy (non-hydrogen) atoms. The maximum absolute atomic E-state index is 13.8. The maximum Gasteiger partial charge on any atom is 0.419 e. The molecule has 4 N–H and O–H groups in total. The Hall–Kier alpha value is -3.99. The highest BCUT2D eigenvalue weighted by Gasteiger charge is 2.34. The van der Waals surface area contributed by atoms with Crippen LogP contribution in [0.2, 0.25) is 0 Å². The normalized spacial score (nSPS) is 13.8. The second kappa shape index (κ2) is 10.7. The third-order valence-electron chi connectivity index (χ3n) is 5.75. The van der Waals surface area contributed by atoms with E-state index in [1.807, 2.05) is 12.1 Å². The van der Waals surface area contributed by atoms with E-state index in [1.54, 1.807) is 18.2 Å². The maximum atomic E-state index is 13.8. The summed E-state index contributed by atoms with van der Waals surface area (Å²) >= 11 is 0. The molecular formula is C25H27F3N5O3+. The van der Waals surface area contributed by atoms with Gasteiger partial charge in [0.05, 0.1) is 48.4 Å². The fourth-order valence-electron chi connectivity index (χ4n) is 3.91. The van der Waals surface area contributed by atoms with Crippen molar-refractivity contribution in [3.05, 3.63) is 65.9 Å². The van der Waals surface area contributed by atoms with Crippen molar-refractivity contribution in [2.75, 3.05) is 56.0 Å². The molecule has 1 aliphatic heterocycles. The number of morpholine rings is 1. The number of aromatic nitrogens is 1. The highest BCUT2D eigenvalue weighted by molar-refractivity contribution is 6.00. The van der Waals surface area contributed by atoms with E-state index in [9.17, 15) is 18.0 Å². The smallest absolute Gasteiger partial charge is 0.419 e. The molecule has 0 aliphatic carbocycles. The molecule has 4 rings (SSSR count). The molecule has 1 fully saturated rings. The van der Waals surface area contributed by atoms with Crippen LogP contribution in [0.25, 0.3) is 0 Å². The number of alkyl halides is 3. The van der Waals surface area contributed by atoms with E-state index in [0.29, 0.717) is 11.4 Å². The SMILES string of the molecule is CNC(=O)c1ccccc1Nc1cc(Nc2ccc(N3CC[OH+]CC3)cc2OC)ncc1C(F)(F)F. The third-order valence-corrected chi connectivity index (χ3v) is 5.75. The number of pyridine rings is 1. The van der Waals surface area contributed by atoms with Crippen molar-refractivity contribution < 1.29 is 27.4 Å². The van der Waals surface area contributed by atoms with E-state index in [4.69, 9.17) is 4.74 Å². The van der Waals surface area contributed by atoms with Crippen molar-refractivity contribution >= 4 is 34.5 Å². The minimum absolute atomic E-state index is 0.172. The Morgan fingerprint density at radius 3 is 2.47 bits per heavy atom. The molecule has 8 nitrogen and oxygen atoms in total. The van der Waals surface area contributed by atoms with Crippen LogP contribution in [0.15, 0.2) is 54.7 Å². The van der Waals surface area contributed by atoms with Crippen LogP contribution in [0.3, 0.4) is 0 Å². The Kier molecular flexibility index (Phi) is 7.49. The van der Waals surface area contributed by atoms with E-state index >= 15 is 0 Å². The van der Waals surface area contributed by atoms with Gasteiger partial charge in [0, 0.05) is 31.1 Å². The summed E-state index contributed by atoms with van der Waals surface area (Å²) in [7, 11) is 2.98.